The molecule has 0 fully saturated rings. The Hall–Kier alpha value is 0.254. The Morgan fingerprint density at radius 3 is 0.778 bits per heavy atom. The summed E-state index contributed by atoms with van der Waals surface area (Å²) in [7, 11) is 0. The first-order valence-electron chi connectivity index (χ1n) is 1.32. The maximum Gasteiger partial charge on any atom is 2.00 e. The van der Waals surface area contributed by atoms with Crippen LogP contribution in [0.15, 0.2) is 0 Å². The van der Waals surface area contributed by atoms with Crippen LogP contribution in [0, 0.1) is 0 Å². The Morgan fingerprint density at radius 1 is 0.667 bits per heavy atom. The van der Waals surface area contributed by atoms with Crippen LogP contribution in [0.25, 0.3) is 0 Å². The van der Waals surface area contributed by atoms with Gasteiger partial charge in [-0.25, -0.2) is 0 Å². The number of nitrogens with two attached hydrogens (primary N) is 2. The summed E-state index contributed by atoms with van der Waals surface area (Å²) >= 11 is 0. The topological polar surface area (TPSA) is 184 Å². The summed E-state index contributed by atoms with van der Waals surface area (Å²) < 4.78 is 0. The van der Waals surface area contributed by atoms with Crippen molar-refractivity contribution in [1.82, 2.24) is 0 Å². The third kappa shape index (κ3) is 205. The van der Waals surface area contributed by atoms with Crippen LogP contribution in [0.5, 0.6) is 0 Å². The Kier molecular flexibility index (Phi) is 566. The van der Waals surface area contributed by atoms with Crippen LogP contribution in [-0.2, 0) is 38.4 Å². The van der Waals surface area contributed by atoms with Crippen molar-refractivity contribution < 1.29 is 38.4 Å². The minimum Gasteiger partial charge on any atom is -0.457 e. The SMILES string of the molecule is NCCN.[Ni+2].[OH3+].[OH3+].[OH3+].[OH3+]. The summed E-state index contributed by atoms with van der Waals surface area (Å²) in [6.07, 6.45) is 0. The summed E-state index contributed by atoms with van der Waals surface area (Å²) in [6.45, 7) is 1.19. The second-order valence-electron chi connectivity index (χ2n) is 0.577. The number of hydrogen-bond donors (Lipinski definition) is 2. The van der Waals surface area contributed by atoms with Gasteiger partial charge in [-0.3, -0.25) is 0 Å². The molecule has 0 aromatic carbocycles. The summed E-state index contributed by atoms with van der Waals surface area (Å²) in [5.74, 6) is 0. The Morgan fingerprint density at radius 2 is 0.778 bits per heavy atom. The smallest absolute Gasteiger partial charge is 0.457 e. The van der Waals surface area contributed by atoms with Crippen molar-refractivity contribution in [3.63, 3.8) is 0 Å². The van der Waals surface area contributed by atoms with Gasteiger partial charge in [-0.2, -0.15) is 0 Å². The van der Waals surface area contributed by atoms with Gasteiger partial charge in [-0.1, -0.05) is 0 Å². The molecule has 0 heterocycles. The summed E-state index contributed by atoms with van der Waals surface area (Å²) in [5, 5.41) is 0. The Labute approximate surface area is 63.8 Å². The molecule has 0 saturated heterocycles. The van der Waals surface area contributed by atoms with Gasteiger partial charge in [-0.05, 0) is 0 Å². The molecule has 0 amide bonds. The predicted molar refractivity (Wildman–Crippen MR) is 37.6 cm³/mol. The molecule has 0 aromatic heterocycles. The summed E-state index contributed by atoms with van der Waals surface area (Å²) in [4.78, 5) is 0. The molecule has 0 spiro atoms. The van der Waals surface area contributed by atoms with Crippen molar-refractivity contribution >= 4 is 0 Å². The molecule has 7 heteroatoms. The normalized spacial score (nSPS) is 3.33. The van der Waals surface area contributed by atoms with Crippen molar-refractivity contribution in [2.75, 3.05) is 13.1 Å². The van der Waals surface area contributed by atoms with Crippen LogP contribution in [0.2, 0.25) is 0 Å². The molecule has 0 aliphatic rings. The molecule has 0 saturated carbocycles. The molecule has 16 N–H and O–H groups in total. The monoisotopic (exact) mass is 194 g/mol. The van der Waals surface area contributed by atoms with Gasteiger partial charge >= 0.3 is 16.5 Å². The van der Waals surface area contributed by atoms with E-state index in [4.69, 9.17) is 11.5 Å². The van der Waals surface area contributed by atoms with Crippen LogP contribution >= 0.6 is 0 Å². The molecule has 0 rings (SSSR count). The van der Waals surface area contributed by atoms with E-state index in [9.17, 15) is 0 Å². The molecule has 0 aliphatic carbocycles. The van der Waals surface area contributed by atoms with E-state index in [0.717, 1.165) is 0 Å². The fourth-order valence-corrected chi connectivity index (χ4v) is 0. The summed E-state index contributed by atoms with van der Waals surface area (Å²) in [5.41, 5.74) is 9.81. The van der Waals surface area contributed by atoms with Crippen LogP contribution in [0.4, 0.5) is 0 Å². The molecule has 0 unspecified atom stereocenters. The summed E-state index contributed by atoms with van der Waals surface area (Å²) in [6, 6.07) is 0. The van der Waals surface area contributed by atoms with Crippen LogP contribution in [0.1, 0.15) is 0 Å². The van der Waals surface area contributed by atoms with Gasteiger partial charge in [0.25, 0.3) is 0 Å². The molecule has 0 atom stereocenters. The first-order valence-corrected chi connectivity index (χ1v) is 1.32. The van der Waals surface area contributed by atoms with Crippen LogP contribution in [0.3, 0.4) is 0 Å². The Bertz CT molecular complexity index is 18.5. The van der Waals surface area contributed by atoms with E-state index in [0.29, 0.717) is 13.1 Å². The standard InChI is InChI=1S/C2H8N2.Ni.4H2O/c3-1-2-4;;;;;/h1-4H2;;4*1H2/q;+2;;;;/p+4. The van der Waals surface area contributed by atoms with Gasteiger partial charge in [0.1, 0.15) is 0 Å². The number of hydrogen-bond acceptors (Lipinski definition) is 2. The molecule has 6 nitrogen and oxygen atoms in total. The van der Waals surface area contributed by atoms with Crippen molar-refractivity contribution in [2.24, 2.45) is 11.5 Å². The van der Waals surface area contributed by atoms with E-state index in [-0.39, 0.29) is 38.4 Å². The molecule has 0 radical (unpaired) electrons. The minimum absolute atomic E-state index is 0. The van der Waals surface area contributed by atoms with E-state index in [2.05, 4.69) is 0 Å². The van der Waals surface area contributed by atoms with Gasteiger partial charge in [0.15, 0.2) is 0 Å². The van der Waals surface area contributed by atoms with Crippen LogP contribution < -0.4 is 11.5 Å². The molecule has 66 valence electrons. The average molecular weight is 195 g/mol. The Balaban J connectivity index is -0.00000000450. The van der Waals surface area contributed by atoms with Gasteiger partial charge in [0.2, 0.25) is 0 Å². The maximum atomic E-state index is 4.90. The number of rotatable bonds is 1. The van der Waals surface area contributed by atoms with E-state index < -0.39 is 0 Å². The molecular weight excluding hydrogens is 175 g/mol. The minimum atomic E-state index is 0. The third-order valence-corrected chi connectivity index (χ3v) is 0.167. The zero-order chi connectivity index (χ0) is 3.41. The zero-order valence-electron chi connectivity index (χ0n) is 5.19. The van der Waals surface area contributed by atoms with Gasteiger partial charge < -0.3 is 33.4 Å². The van der Waals surface area contributed by atoms with E-state index >= 15 is 0 Å². The van der Waals surface area contributed by atoms with Crippen molar-refractivity contribution in [3.8, 4) is 0 Å². The average Bonchev–Trinajstić information content (AvgIpc) is 1.37. The van der Waals surface area contributed by atoms with Crippen molar-refractivity contribution in [1.29, 1.82) is 0 Å². The fourth-order valence-electron chi connectivity index (χ4n) is 0. The van der Waals surface area contributed by atoms with E-state index in [1.165, 1.54) is 0 Å². The fraction of sp³-hybridized carbons (Fsp3) is 1.00. The molecule has 0 aromatic rings. The zero-order valence-corrected chi connectivity index (χ0v) is 6.18. The first-order chi connectivity index (χ1) is 1.91. The maximum absolute atomic E-state index is 4.90. The second kappa shape index (κ2) is 85.5. The largest absolute Gasteiger partial charge is 2.00 e. The van der Waals surface area contributed by atoms with Gasteiger partial charge in [0, 0.05) is 13.1 Å². The molecule has 0 aliphatic heterocycles. The van der Waals surface area contributed by atoms with Crippen LogP contribution in [-0.4, -0.2) is 13.1 Å². The predicted octanol–water partition coefficient (Wildman–Crippen LogP) is -4.79. The van der Waals surface area contributed by atoms with E-state index in [1.807, 2.05) is 0 Å². The quantitative estimate of drug-likeness (QED) is 0.314. The third-order valence-electron chi connectivity index (χ3n) is 0.167. The van der Waals surface area contributed by atoms with Gasteiger partial charge in [-0.15, -0.1) is 0 Å². The van der Waals surface area contributed by atoms with Crippen molar-refractivity contribution in [2.45, 2.75) is 0 Å². The van der Waals surface area contributed by atoms with Crippen molar-refractivity contribution in [3.05, 3.63) is 0 Å². The molecule has 9 heavy (non-hydrogen) atoms. The first kappa shape index (κ1) is 59.5. The molecular formula is C2H20N2NiO4+6. The molecule has 0 bridgehead atoms. The van der Waals surface area contributed by atoms with Gasteiger partial charge in [0.05, 0.1) is 0 Å². The van der Waals surface area contributed by atoms with E-state index in [1.54, 1.807) is 0 Å². The second-order valence-corrected chi connectivity index (χ2v) is 0.577.